The van der Waals surface area contributed by atoms with Crippen LogP contribution in [0.4, 0.5) is 14.5 Å². The van der Waals surface area contributed by atoms with Crippen LogP contribution in [0.5, 0.6) is 0 Å². The van der Waals surface area contributed by atoms with E-state index in [1.165, 1.54) is 12.1 Å². The number of nitrogens with one attached hydrogen (secondary N) is 1. The van der Waals surface area contributed by atoms with Crippen molar-refractivity contribution in [3.8, 4) is 0 Å². The molecule has 0 aliphatic rings. The van der Waals surface area contributed by atoms with Gasteiger partial charge in [0.05, 0.1) is 6.61 Å². The van der Waals surface area contributed by atoms with Crippen LogP contribution in [0.2, 0.25) is 0 Å². The summed E-state index contributed by atoms with van der Waals surface area (Å²) in [6.45, 7) is -0.220. The topological polar surface area (TPSA) is 49.0 Å². The Balaban J connectivity index is 2.60. The third kappa shape index (κ3) is 3.63. The lowest BCUT2D eigenvalue weighted by Crippen LogP contribution is -2.19. The van der Waals surface area contributed by atoms with Gasteiger partial charge in [-0.3, -0.25) is 4.79 Å². The van der Waals surface area contributed by atoms with E-state index in [4.69, 9.17) is 0 Å². The zero-order valence-electron chi connectivity index (χ0n) is 7.87. The Hall–Kier alpha value is -1.49. The first kappa shape index (κ1) is 11.6. The molecular formula is C10H10F2NO2. The molecule has 1 N–H and O–H groups in total. The molecule has 1 aromatic carbocycles. The maximum atomic E-state index is 11.9. The number of benzene rings is 1. The summed E-state index contributed by atoms with van der Waals surface area (Å²) in [5.41, 5.74) is 1.12. The third-order valence-electron chi connectivity index (χ3n) is 1.81. The van der Waals surface area contributed by atoms with Crippen molar-refractivity contribution in [1.82, 2.24) is 0 Å². The first-order valence-electron chi connectivity index (χ1n) is 4.39. The van der Waals surface area contributed by atoms with Gasteiger partial charge in [-0.1, -0.05) is 12.1 Å². The Morgan fingerprint density at radius 3 is 2.33 bits per heavy atom. The molecule has 81 valence electrons. The van der Waals surface area contributed by atoms with Crippen LogP contribution in [0.25, 0.3) is 0 Å². The van der Waals surface area contributed by atoms with E-state index in [0.29, 0.717) is 12.1 Å². The number of hydrogen-bond donors (Lipinski definition) is 1. The molecule has 0 spiro atoms. The second-order valence-corrected chi connectivity index (χ2v) is 2.94. The van der Waals surface area contributed by atoms with E-state index in [2.05, 4.69) is 0 Å². The summed E-state index contributed by atoms with van der Waals surface area (Å²) in [5, 5.41) is 12.3. The Labute approximate surface area is 85.7 Å². The zero-order valence-corrected chi connectivity index (χ0v) is 7.87. The van der Waals surface area contributed by atoms with E-state index in [1.54, 1.807) is 12.1 Å². The number of alkyl halides is 2. The van der Waals surface area contributed by atoms with Crippen molar-refractivity contribution in [3.63, 3.8) is 0 Å². The Kier molecular flexibility index (Phi) is 4.17. The number of amides is 1. The summed E-state index contributed by atoms with van der Waals surface area (Å²) < 4.78 is 23.7. The van der Waals surface area contributed by atoms with Gasteiger partial charge in [0, 0.05) is 5.69 Å². The van der Waals surface area contributed by atoms with Crippen LogP contribution >= 0.6 is 0 Å². The third-order valence-corrected chi connectivity index (χ3v) is 1.81. The summed E-state index contributed by atoms with van der Waals surface area (Å²) in [5.74, 6) is -1.33. The van der Waals surface area contributed by atoms with Crippen molar-refractivity contribution in [2.24, 2.45) is 0 Å². The molecule has 1 aromatic rings. The van der Waals surface area contributed by atoms with Crippen LogP contribution < -0.4 is 5.32 Å². The normalized spacial score (nSPS) is 10.4. The number of carbonyl (C=O) groups excluding carboxylic acids is 1. The van der Waals surface area contributed by atoms with E-state index in [0.717, 1.165) is 5.56 Å². The van der Waals surface area contributed by atoms with Gasteiger partial charge in [-0.2, -0.15) is 8.78 Å². The van der Waals surface area contributed by atoms with Gasteiger partial charge in [0.15, 0.2) is 0 Å². The van der Waals surface area contributed by atoms with Gasteiger partial charge in [-0.15, -0.1) is 0 Å². The fourth-order valence-electron chi connectivity index (χ4n) is 1.07. The van der Waals surface area contributed by atoms with Crippen molar-refractivity contribution in [2.75, 3.05) is 11.9 Å². The van der Waals surface area contributed by atoms with Crippen LogP contribution in [0, 0.1) is 0 Å². The minimum atomic E-state index is -3.02. The van der Waals surface area contributed by atoms with Crippen LogP contribution in [0.15, 0.2) is 24.3 Å². The molecule has 0 atom stereocenters. The minimum absolute atomic E-state index is 0.220. The molecule has 0 aromatic heterocycles. The molecule has 0 saturated heterocycles. The Morgan fingerprint density at radius 1 is 1.27 bits per heavy atom. The average Bonchev–Trinajstić information content (AvgIpc) is 2.21. The van der Waals surface area contributed by atoms with E-state index in [-0.39, 0.29) is 6.61 Å². The SMILES string of the molecule is [O]CCc1ccc(NC(=O)C(F)F)cc1. The van der Waals surface area contributed by atoms with Crippen LogP contribution in [0.1, 0.15) is 5.56 Å². The maximum absolute atomic E-state index is 11.9. The molecule has 1 radical (unpaired) electrons. The van der Waals surface area contributed by atoms with Crippen LogP contribution in [-0.4, -0.2) is 18.9 Å². The molecule has 0 aliphatic heterocycles. The van der Waals surface area contributed by atoms with Gasteiger partial charge in [0.1, 0.15) is 0 Å². The predicted molar refractivity (Wildman–Crippen MR) is 50.3 cm³/mol. The highest BCUT2D eigenvalue weighted by Crippen LogP contribution is 2.11. The molecule has 0 heterocycles. The van der Waals surface area contributed by atoms with Crippen molar-refractivity contribution in [2.45, 2.75) is 12.8 Å². The number of hydrogen-bond acceptors (Lipinski definition) is 1. The summed E-state index contributed by atoms with van der Waals surface area (Å²) in [4.78, 5) is 10.6. The van der Waals surface area contributed by atoms with E-state index < -0.39 is 12.3 Å². The average molecular weight is 214 g/mol. The first-order valence-corrected chi connectivity index (χ1v) is 4.39. The second-order valence-electron chi connectivity index (χ2n) is 2.94. The molecule has 3 nitrogen and oxygen atoms in total. The number of halogens is 2. The zero-order chi connectivity index (χ0) is 11.3. The highest BCUT2D eigenvalue weighted by molar-refractivity contribution is 5.92. The van der Waals surface area contributed by atoms with Crippen molar-refractivity contribution >= 4 is 11.6 Å². The molecule has 15 heavy (non-hydrogen) atoms. The molecule has 0 saturated carbocycles. The summed E-state index contributed by atoms with van der Waals surface area (Å²) in [7, 11) is 0. The molecule has 1 amide bonds. The van der Waals surface area contributed by atoms with Gasteiger partial charge < -0.3 is 5.32 Å². The Morgan fingerprint density at radius 2 is 1.87 bits per heavy atom. The molecule has 0 unspecified atom stereocenters. The maximum Gasteiger partial charge on any atom is 0.315 e. The largest absolute Gasteiger partial charge is 0.321 e. The van der Waals surface area contributed by atoms with Gasteiger partial charge in [0.25, 0.3) is 5.91 Å². The standard InChI is InChI=1S/C10H10F2NO2/c11-9(12)10(15)13-8-3-1-7(2-4-8)5-6-14/h1-4,9H,5-6H2,(H,13,15). The number of anilines is 1. The van der Waals surface area contributed by atoms with Crippen molar-refractivity contribution < 1.29 is 18.7 Å². The minimum Gasteiger partial charge on any atom is -0.321 e. The molecule has 5 heteroatoms. The lowest BCUT2D eigenvalue weighted by molar-refractivity contribution is -0.126. The van der Waals surface area contributed by atoms with E-state index >= 15 is 0 Å². The van der Waals surface area contributed by atoms with Gasteiger partial charge in [-0.05, 0) is 24.1 Å². The Bertz CT molecular complexity index is 325. The smallest absolute Gasteiger partial charge is 0.315 e. The second kappa shape index (κ2) is 5.41. The van der Waals surface area contributed by atoms with Gasteiger partial charge in [-0.25, -0.2) is 5.11 Å². The molecule has 0 fully saturated rings. The van der Waals surface area contributed by atoms with Crippen molar-refractivity contribution in [1.29, 1.82) is 0 Å². The fraction of sp³-hybridized carbons (Fsp3) is 0.300. The quantitative estimate of drug-likeness (QED) is 0.817. The first-order chi connectivity index (χ1) is 7.13. The summed E-state index contributed by atoms with van der Waals surface area (Å²) >= 11 is 0. The summed E-state index contributed by atoms with van der Waals surface area (Å²) in [6.07, 6.45) is -2.63. The lowest BCUT2D eigenvalue weighted by atomic mass is 10.1. The van der Waals surface area contributed by atoms with E-state index in [9.17, 15) is 18.7 Å². The highest BCUT2D eigenvalue weighted by Gasteiger charge is 2.14. The van der Waals surface area contributed by atoms with Gasteiger partial charge >= 0.3 is 6.43 Å². The fourth-order valence-corrected chi connectivity index (χ4v) is 1.07. The monoisotopic (exact) mass is 214 g/mol. The number of rotatable bonds is 4. The molecule has 1 rings (SSSR count). The molecule has 0 aliphatic carbocycles. The number of carbonyl (C=O) groups is 1. The van der Waals surface area contributed by atoms with Gasteiger partial charge in [0.2, 0.25) is 0 Å². The van der Waals surface area contributed by atoms with Crippen LogP contribution in [-0.2, 0) is 16.3 Å². The molecule has 0 bridgehead atoms. The lowest BCUT2D eigenvalue weighted by Gasteiger charge is -2.04. The predicted octanol–water partition coefficient (Wildman–Crippen LogP) is 1.86. The molecular weight excluding hydrogens is 204 g/mol. The van der Waals surface area contributed by atoms with Crippen LogP contribution in [0.3, 0.4) is 0 Å². The summed E-state index contributed by atoms with van der Waals surface area (Å²) in [6, 6.07) is 6.23. The van der Waals surface area contributed by atoms with E-state index in [1.807, 2.05) is 5.32 Å². The van der Waals surface area contributed by atoms with Crippen molar-refractivity contribution in [3.05, 3.63) is 29.8 Å². The highest BCUT2D eigenvalue weighted by atomic mass is 19.3.